The molecule has 25 heavy (non-hydrogen) atoms. The molecule has 0 aliphatic carbocycles. The van der Waals surface area contributed by atoms with Crippen molar-refractivity contribution in [3.05, 3.63) is 28.8 Å². The molecule has 6 nitrogen and oxygen atoms in total. The lowest BCUT2D eigenvalue weighted by atomic mass is 9.95. The van der Waals surface area contributed by atoms with Gasteiger partial charge in [-0.25, -0.2) is 8.42 Å². The number of alkyl halides is 2. The summed E-state index contributed by atoms with van der Waals surface area (Å²) in [6.45, 7) is -2.40. The highest BCUT2D eigenvalue weighted by Gasteiger charge is 2.48. The fraction of sp³-hybridized carbons (Fsp3) is 0.533. The number of carbonyl (C=O) groups is 1. The Hall–Kier alpha value is -1.45. The highest BCUT2D eigenvalue weighted by molar-refractivity contribution is 7.92. The molecule has 1 aliphatic rings. The van der Waals surface area contributed by atoms with Gasteiger partial charge in [0.05, 0.1) is 0 Å². The van der Waals surface area contributed by atoms with Crippen molar-refractivity contribution in [1.29, 1.82) is 0 Å². The Morgan fingerprint density at radius 1 is 1.40 bits per heavy atom. The van der Waals surface area contributed by atoms with Gasteiger partial charge in [-0.2, -0.15) is 8.78 Å². The fourth-order valence-electron chi connectivity index (χ4n) is 2.83. The van der Waals surface area contributed by atoms with Gasteiger partial charge in [0.1, 0.15) is 5.75 Å². The first-order valence-corrected chi connectivity index (χ1v) is 9.84. The number of rotatable bonds is 6. The summed E-state index contributed by atoms with van der Waals surface area (Å²) < 4.78 is 52.2. The molecule has 140 valence electrons. The second-order valence-electron chi connectivity index (χ2n) is 5.83. The minimum absolute atomic E-state index is 0.126. The third-order valence-corrected chi connectivity index (χ3v) is 6.46. The summed E-state index contributed by atoms with van der Waals surface area (Å²) in [6, 6.07) is 4.04. The van der Waals surface area contributed by atoms with Crippen LogP contribution in [0, 0.1) is 0 Å². The van der Waals surface area contributed by atoms with Gasteiger partial charge in [-0.05, 0) is 44.1 Å². The van der Waals surface area contributed by atoms with E-state index in [2.05, 4.69) is 15.4 Å². The van der Waals surface area contributed by atoms with Crippen LogP contribution < -0.4 is 15.4 Å². The lowest BCUT2D eigenvalue weighted by Crippen LogP contribution is -2.57. The summed E-state index contributed by atoms with van der Waals surface area (Å²) in [7, 11) is -3.66. The molecule has 1 aromatic rings. The minimum atomic E-state index is -3.66. The third-order valence-electron chi connectivity index (χ3n) is 4.21. The van der Waals surface area contributed by atoms with E-state index in [1.54, 1.807) is 0 Å². The fourth-order valence-corrected chi connectivity index (χ4v) is 4.38. The van der Waals surface area contributed by atoms with Crippen molar-refractivity contribution in [2.75, 3.05) is 19.3 Å². The van der Waals surface area contributed by atoms with Crippen molar-refractivity contribution in [3.63, 3.8) is 0 Å². The van der Waals surface area contributed by atoms with Gasteiger partial charge in [0.25, 0.3) is 0 Å². The van der Waals surface area contributed by atoms with Crippen LogP contribution in [0.15, 0.2) is 18.2 Å². The number of carbonyl (C=O) groups excluding carboxylic acids is 1. The Morgan fingerprint density at radius 2 is 2.04 bits per heavy atom. The molecule has 1 fully saturated rings. The van der Waals surface area contributed by atoms with Gasteiger partial charge < -0.3 is 15.4 Å². The van der Waals surface area contributed by atoms with Crippen molar-refractivity contribution in [2.24, 2.45) is 0 Å². The molecule has 0 unspecified atom stereocenters. The molecule has 1 aromatic carbocycles. The molecule has 1 amide bonds. The zero-order chi connectivity index (χ0) is 18.7. The standard InChI is InChI=1S/C15H19ClF2N2O4S/c1-25(22,23)15(4-6-19-7-5-15)13(21)20-9-10-8-11(16)2-3-12(10)24-14(17)18/h2-3,8,14,19H,4-7,9H2,1H3,(H,20,21). The Bertz CT molecular complexity index is 737. The molecule has 0 bridgehead atoms. The molecular weight excluding hydrogens is 378 g/mol. The first kappa shape index (κ1) is 19.9. The SMILES string of the molecule is CS(=O)(=O)C1(C(=O)NCc2cc(Cl)ccc2OC(F)F)CCNCC1. The van der Waals surface area contributed by atoms with Gasteiger partial charge in [-0.1, -0.05) is 11.6 Å². The van der Waals surface area contributed by atoms with Crippen LogP contribution in [0.5, 0.6) is 5.75 Å². The number of hydrogen-bond donors (Lipinski definition) is 2. The van der Waals surface area contributed by atoms with Crippen molar-refractivity contribution < 1.29 is 26.7 Å². The number of nitrogens with one attached hydrogen (secondary N) is 2. The lowest BCUT2D eigenvalue weighted by molar-refractivity contribution is -0.124. The van der Waals surface area contributed by atoms with Crippen molar-refractivity contribution >= 4 is 27.3 Å². The van der Waals surface area contributed by atoms with Crippen LogP contribution in [0.3, 0.4) is 0 Å². The van der Waals surface area contributed by atoms with Crippen LogP contribution in [-0.2, 0) is 21.2 Å². The van der Waals surface area contributed by atoms with E-state index < -0.39 is 27.1 Å². The molecule has 1 saturated heterocycles. The maximum atomic E-state index is 12.6. The predicted molar refractivity (Wildman–Crippen MR) is 89.6 cm³/mol. The van der Waals surface area contributed by atoms with Crippen LogP contribution in [0.25, 0.3) is 0 Å². The highest BCUT2D eigenvalue weighted by Crippen LogP contribution is 2.29. The molecule has 0 radical (unpaired) electrons. The number of hydrogen-bond acceptors (Lipinski definition) is 5. The molecule has 10 heteroatoms. The molecule has 0 aromatic heterocycles. The van der Waals surface area contributed by atoms with Crippen molar-refractivity contribution in [2.45, 2.75) is 30.7 Å². The third kappa shape index (κ3) is 4.59. The van der Waals surface area contributed by atoms with Gasteiger partial charge in [0.2, 0.25) is 5.91 Å². The van der Waals surface area contributed by atoms with Crippen molar-refractivity contribution in [3.8, 4) is 5.75 Å². The Balaban J connectivity index is 2.20. The molecular formula is C15H19ClF2N2O4S. The Morgan fingerprint density at radius 3 is 2.60 bits per heavy atom. The van der Waals surface area contributed by atoms with E-state index in [1.807, 2.05) is 0 Å². The molecule has 2 rings (SSSR count). The second kappa shape index (κ2) is 7.84. The predicted octanol–water partition coefficient (Wildman–Crippen LogP) is 1.72. The first-order chi connectivity index (χ1) is 11.7. The molecule has 1 aliphatic heterocycles. The van der Waals surface area contributed by atoms with Crippen LogP contribution in [-0.4, -0.2) is 45.0 Å². The highest BCUT2D eigenvalue weighted by atomic mass is 35.5. The van der Waals surface area contributed by atoms with Crippen molar-refractivity contribution in [1.82, 2.24) is 10.6 Å². The van der Waals surface area contributed by atoms with Crippen LogP contribution in [0.1, 0.15) is 18.4 Å². The number of halogens is 3. The number of sulfone groups is 1. The monoisotopic (exact) mass is 396 g/mol. The number of piperidine rings is 1. The summed E-state index contributed by atoms with van der Waals surface area (Å²) in [5.74, 6) is -0.780. The minimum Gasteiger partial charge on any atom is -0.434 e. The molecule has 0 saturated carbocycles. The van der Waals surface area contributed by atoms with Gasteiger partial charge in [-0.15, -0.1) is 0 Å². The molecule has 0 atom stereocenters. The topological polar surface area (TPSA) is 84.5 Å². The van der Waals surface area contributed by atoms with Gasteiger partial charge in [-0.3, -0.25) is 4.79 Å². The zero-order valence-corrected chi connectivity index (χ0v) is 15.1. The molecule has 2 N–H and O–H groups in total. The Labute approximate surface area is 149 Å². The number of amides is 1. The van der Waals surface area contributed by atoms with Crippen LogP contribution in [0.4, 0.5) is 8.78 Å². The molecule has 1 heterocycles. The average Bonchev–Trinajstić information content (AvgIpc) is 2.54. The average molecular weight is 397 g/mol. The smallest absolute Gasteiger partial charge is 0.387 e. The van der Waals surface area contributed by atoms with Gasteiger partial charge in [0, 0.05) is 23.4 Å². The summed E-state index contributed by atoms with van der Waals surface area (Å²) >= 11 is 5.86. The van der Waals surface area contributed by atoms with E-state index in [1.165, 1.54) is 18.2 Å². The van der Waals surface area contributed by atoms with E-state index >= 15 is 0 Å². The summed E-state index contributed by atoms with van der Waals surface area (Å²) in [5.41, 5.74) is 0.235. The maximum absolute atomic E-state index is 12.6. The van der Waals surface area contributed by atoms with Gasteiger partial charge >= 0.3 is 6.61 Å². The van der Waals surface area contributed by atoms with E-state index in [0.29, 0.717) is 13.1 Å². The van der Waals surface area contributed by atoms with E-state index in [9.17, 15) is 22.0 Å². The quantitative estimate of drug-likeness (QED) is 0.765. The largest absolute Gasteiger partial charge is 0.434 e. The van der Waals surface area contributed by atoms with Crippen LogP contribution >= 0.6 is 11.6 Å². The van der Waals surface area contributed by atoms with E-state index in [4.69, 9.17) is 11.6 Å². The summed E-state index contributed by atoms with van der Waals surface area (Å²) in [5, 5.41) is 5.82. The lowest BCUT2D eigenvalue weighted by Gasteiger charge is -2.34. The van der Waals surface area contributed by atoms with Crippen LogP contribution in [0.2, 0.25) is 5.02 Å². The molecule has 0 spiro atoms. The zero-order valence-electron chi connectivity index (χ0n) is 13.5. The normalized spacial score (nSPS) is 17.3. The second-order valence-corrected chi connectivity index (χ2v) is 8.59. The van der Waals surface area contributed by atoms with E-state index in [-0.39, 0.29) is 35.7 Å². The maximum Gasteiger partial charge on any atom is 0.387 e. The van der Waals surface area contributed by atoms with E-state index in [0.717, 1.165) is 6.26 Å². The Kier molecular flexibility index (Phi) is 6.23. The summed E-state index contributed by atoms with van der Waals surface area (Å²) in [4.78, 5) is 12.6. The summed E-state index contributed by atoms with van der Waals surface area (Å²) in [6.07, 6.45) is 1.32. The number of benzene rings is 1. The first-order valence-electron chi connectivity index (χ1n) is 7.57. The van der Waals surface area contributed by atoms with Gasteiger partial charge in [0.15, 0.2) is 14.6 Å². The number of ether oxygens (including phenoxy) is 1.